The van der Waals surface area contributed by atoms with Gasteiger partial charge >= 0.3 is 5.97 Å². The van der Waals surface area contributed by atoms with Crippen LogP contribution in [-0.4, -0.2) is 39.8 Å². The Labute approximate surface area is 140 Å². The van der Waals surface area contributed by atoms with Crippen LogP contribution >= 0.6 is 0 Å². The smallest absolute Gasteiger partial charge is 0.382 e. The first-order chi connectivity index (χ1) is 11.4. The SMILES string of the molecule is CC(C)C[C@]1([C@@H](O)CO)OC(=O)C(OO)=C1OCc1ccccc1. The summed E-state index contributed by atoms with van der Waals surface area (Å²) in [6, 6.07) is 9.16. The Hall–Kier alpha value is -2.09. The Bertz CT molecular complexity index is 596. The van der Waals surface area contributed by atoms with E-state index in [1.165, 1.54) is 0 Å². The molecular weight excluding hydrogens is 316 g/mol. The van der Waals surface area contributed by atoms with Crippen molar-refractivity contribution in [2.45, 2.75) is 38.6 Å². The molecule has 2 rings (SSSR count). The van der Waals surface area contributed by atoms with Gasteiger partial charge in [-0.25, -0.2) is 10.1 Å². The van der Waals surface area contributed by atoms with Crippen molar-refractivity contribution in [3.05, 3.63) is 47.4 Å². The number of aliphatic hydroxyl groups is 2. The summed E-state index contributed by atoms with van der Waals surface area (Å²) >= 11 is 0. The van der Waals surface area contributed by atoms with Crippen LogP contribution in [0.4, 0.5) is 0 Å². The molecule has 1 aliphatic heterocycles. The Morgan fingerprint density at radius 3 is 2.46 bits per heavy atom. The highest BCUT2D eigenvalue weighted by molar-refractivity contribution is 5.90. The number of carbonyl (C=O) groups excluding carboxylic acids is 1. The molecule has 24 heavy (non-hydrogen) atoms. The number of esters is 1. The third kappa shape index (κ3) is 3.53. The molecule has 0 saturated heterocycles. The van der Waals surface area contributed by atoms with E-state index in [4.69, 9.17) is 14.7 Å². The molecule has 0 saturated carbocycles. The lowest BCUT2D eigenvalue weighted by Gasteiger charge is -2.34. The van der Waals surface area contributed by atoms with Gasteiger partial charge in [0.05, 0.1) is 6.61 Å². The Morgan fingerprint density at radius 1 is 1.25 bits per heavy atom. The van der Waals surface area contributed by atoms with Crippen molar-refractivity contribution in [1.29, 1.82) is 0 Å². The molecule has 1 aliphatic rings. The predicted molar refractivity (Wildman–Crippen MR) is 83.3 cm³/mol. The van der Waals surface area contributed by atoms with E-state index in [0.717, 1.165) is 5.56 Å². The number of hydrogen-bond acceptors (Lipinski definition) is 7. The Kier molecular flexibility index (Phi) is 5.82. The molecule has 0 radical (unpaired) electrons. The first-order valence-electron chi connectivity index (χ1n) is 7.69. The number of carbonyl (C=O) groups is 1. The van der Waals surface area contributed by atoms with E-state index in [9.17, 15) is 15.0 Å². The first-order valence-corrected chi connectivity index (χ1v) is 7.69. The molecule has 3 N–H and O–H groups in total. The summed E-state index contributed by atoms with van der Waals surface area (Å²) in [6.45, 7) is 3.17. The van der Waals surface area contributed by atoms with Crippen LogP contribution < -0.4 is 0 Å². The minimum atomic E-state index is -1.60. The van der Waals surface area contributed by atoms with Gasteiger partial charge in [0.2, 0.25) is 5.60 Å². The Balaban J connectivity index is 2.37. The Morgan fingerprint density at radius 2 is 1.92 bits per heavy atom. The van der Waals surface area contributed by atoms with Crippen molar-refractivity contribution in [3.8, 4) is 0 Å². The molecule has 1 heterocycles. The zero-order valence-corrected chi connectivity index (χ0v) is 13.6. The second-order valence-electron chi connectivity index (χ2n) is 6.10. The summed E-state index contributed by atoms with van der Waals surface area (Å²) in [4.78, 5) is 16.2. The molecule has 1 aromatic rings. The van der Waals surface area contributed by atoms with Crippen LogP contribution in [0.3, 0.4) is 0 Å². The molecule has 0 amide bonds. The van der Waals surface area contributed by atoms with Crippen molar-refractivity contribution in [2.24, 2.45) is 5.92 Å². The van der Waals surface area contributed by atoms with Crippen molar-refractivity contribution in [1.82, 2.24) is 0 Å². The predicted octanol–water partition coefficient (Wildman–Crippen LogP) is 1.60. The van der Waals surface area contributed by atoms with Crippen molar-refractivity contribution in [3.63, 3.8) is 0 Å². The maximum atomic E-state index is 12.0. The fourth-order valence-electron chi connectivity index (χ4n) is 2.78. The fraction of sp³-hybridized carbons (Fsp3) is 0.471. The molecule has 0 aromatic heterocycles. The van der Waals surface area contributed by atoms with Crippen LogP contribution in [0.1, 0.15) is 25.8 Å². The van der Waals surface area contributed by atoms with E-state index in [1.54, 1.807) is 0 Å². The van der Waals surface area contributed by atoms with Gasteiger partial charge in [-0.05, 0) is 17.9 Å². The molecule has 0 spiro atoms. The second-order valence-corrected chi connectivity index (χ2v) is 6.10. The molecule has 7 nitrogen and oxygen atoms in total. The summed E-state index contributed by atoms with van der Waals surface area (Å²) in [6.07, 6.45) is -1.22. The highest BCUT2D eigenvalue weighted by Gasteiger charge is 2.56. The molecular formula is C17H22O7. The van der Waals surface area contributed by atoms with Crippen LogP contribution in [0, 0.1) is 5.92 Å². The molecule has 0 unspecified atom stereocenters. The van der Waals surface area contributed by atoms with Gasteiger partial charge in [0.25, 0.3) is 5.76 Å². The zero-order valence-electron chi connectivity index (χ0n) is 13.6. The van der Waals surface area contributed by atoms with Gasteiger partial charge in [-0.3, -0.25) is 0 Å². The van der Waals surface area contributed by atoms with Gasteiger partial charge in [0, 0.05) is 0 Å². The maximum Gasteiger partial charge on any atom is 0.382 e. The van der Waals surface area contributed by atoms with Crippen LogP contribution in [0.25, 0.3) is 0 Å². The molecule has 0 bridgehead atoms. The molecule has 0 aliphatic carbocycles. The first kappa shape index (κ1) is 18.3. The third-order valence-corrected chi connectivity index (χ3v) is 3.79. The van der Waals surface area contributed by atoms with Gasteiger partial charge < -0.3 is 24.6 Å². The van der Waals surface area contributed by atoms with E-state index in [0.29, 0.717) is 0 Å². The van der Waals surface area contributed by atoms with E-state index in [2.05, 4.69) is 4.89 Å². The fourth-order valence-corrected chi connectivity index (χ4v) is 2.78. The summed E-state index contributed by atoms with van der Waals surface area (Å²) in [5.41, 5.74) is -0.786. The highest BCUT2D eigenvalue weighted by atomic mass is 17.1. The topological polar surface area (TPSA) is 105 Å². The standard InChI is InChI=1S/C17H22O7/c1-11(2)8-17(13(19)9-18)15(14(24-21)16(20)23-17)22-10-12-6-4-3-5-7-12/h3-7,11,13,18-19,21H,8-10H2,1-2H3/t13-,17+/m0/s1. The number of rotatable bonds is 8. The van der Waals surface area contributed by atoms with Gasteiger partial charge in [0.1, 0.15) is 12.7 Å². The van der Waals surface area contributed by atoms with E-state index < -0.39 is 30.0 Å². The quantitative estimate of drug-likeness (QED) is 0.375. The number of aliphatic hydroxyl groups excluding tert-OH is 2. The molecule has 7 heteroatoms. The third-order valence-electron chi connectivity index (χ3n) is 3.79. The normalized spacial score (nSPS) is 21.8. The number of ether oxygens (including phenoxy) is 2. The molecule has 2 atom stereocenters. The molecule has 132 valence electrons. The van der Waals surface area contributed by atoms with E-state index in [-0.39, 0.29) is 24.7 Å². The summed E-state index contributed by atoms with van der Waals surface area (Å²) in [5.74, 6) is -1.57. The summed E-state index contributed by atoms with van der Waals surface area (Å²) in [7, 11) is 0. The van der Waals surface area contributed by atoms with Gasteiger partial charge in [0.15, 0.2) is 5.76 Å². The van der Waals surface area contributed by atoms with Crippen LogP contribution in [-0.2, 0) is 25.8 Å². The molecule has 1 aromatic carbocycles. The lowest BCUT2D eigenvalue weighted by atomic mass is 9.85. The van der Waals surface area contributed by atoms with Gasteiger partial charge in [-0.15, -0.1) is 0 Å². The van der Waals surface area contributed by atoms with Crippen LogP contribution in [0.15, 0.2) is 41.9 Å². The largest absolute Gasteiger partial charge is 0.485 e. The second kappa shape index (κ2) is 7.65. The van der Waals surface area contributed by atoms with Crippen molar-refractivity contribution < 1.29 is 34.6 Å². The summed E-state index contributed by atoms with van der Waals surface area (Å²) in [5, 5.41) is 28.7. The average molecular weight is 338 g/mol. The van der Waals surface area contributed by atoms with Crippen LogP contribution in [0.5, 0.6) is 0 Å². The maximum absolute atomic E-state index is 12.0. The monoisotopic (exact) mass is 338 g/mol. The average Bonchev–Trinajstić information content (AvgIpc) is 2.84. The zero-order chi connectivity index (χ0) is 17.7. The summed E-state index contributed by atoms with van der Waals surface area (Å²) < 4.78 is 11.0. The minimum absolute atomic E-state index is 0.00682. The number of cyclic esters (lactones) is 1. The lowest BCUT2D eigenvalue weighted by Crippen LogP contribution is -2.48. The van der Waals surface area contributed by atoms with Crippen LogP contribution in [0.2, 0.25) is 0 Å². The molecule has 0 fully saturated rings. The van der Waals surface area contributed by atoms with Gasteiger partial charge in [-0.1, -0.05) is 44.2 Å². The van der Waals surface area contributed by atoms with E-state index >= 15 is 0 Å². The minimum Gasteiger partial charge on any atom is -0.485 e. The van der Waals surface area contributed by atoms with Gasteiger partial charge in [-0.2, -0.15) is 0 Å². The van der Waals surface area contributed by atoms with Crippen molar-refractivity contribution >= 4 is 5.97 Å². The highest BCUT2D eigenvalue weighted by Crippen LogP contribution is 2.41. The number of hydrogen-bond donors (Lipinski definition) is 3. The van der Waals surface area contributed by atoms with E-state index in [1.807, 2.05) is 44.2 Å². The lowest BCUT2D eigenvalue weighted by molar-refractivity contribution is -0.211. The van der Waals surface area contributed by atoms with Crippen molar-refractivity contribution in [2.75, 3.05) is 6.61 Å². The number of benzene rings is 1.